The van der Waals surface area contributed by atoms with Crippen LogP contribution in [0.15, 0.2) is 22.7 Å². The van der Waals surface area contributed by atoms with E-state index in [-0.39, 0.29) is 11.9 Å². The first kappa shape index (κ1) is 18.9. The number of hydrogen-bond acceptors (Lipinski definition) is 3. The molecule has 4 nitrogen and oxygen atoms in total. The minimum absolute atomic E-state index is 0.260. The fourth-order valence-electron chi connectivity index (χ4n) is 1.82. The van der Waals surface area contributed by atoms with Crippen LogP contribution in [0.5, 0.6) is 0 Å². The summed E-state index contributed by atoms with van der Waals surface area (Å²) in [5.41, 5.74) is 0.352. The van der Waals surface area contributed by atoms with Crippen LogP contribution in [0.25, 0.3) is 0 Å². The number of rotatable bonds is 6. The lowest BCUT2D eigenvalue weighted by molar-refractivity contribution is 0.0262. The van der Waals surface area contributed by atoms with Gasteiger partial charge in [0.1, 0.15) is 11.4 Å². The summed E-state index contributed by atoms with van der Waals surface area (Å²) < 4.78 is 19.4. The van der Waals surface area contributed by atoms with E-state index in [1.165, 1.54) is 12.1 Å². The topological polar surface area (TPSA) is 41.6 Å². The van der Waals surface area contributed by atoms with Gasteiger partial charge in [-0.05, 0) is 51.5 Å². The van der Waals surface area contributed by atoms with Gasteiger partial charge in [-0.3, -0.25) is 0 Å². The molecule has 0 radical (unpaired) electrons. The number of carbonyl (C=O) groups excluding carboxylic acids is 1. The Balaban J connectivity index is 2.41. The van der Waals surface area contributed by atoms with Gasteiger partial charge in [0.05, 0.1) is 0 Å². The minimum Gasteiger partial charge on any atom is -0.444 e. The van der Waals surface area contributed by atoms with E-state index in [4.69, 9.17) is 4.74 Å². The highest BCUT2D eigenvalue weighted by Crippen LogP contribution is 2.17. The summed E-state index contributed by atoms with van der Waals surface area (Å²) >= 11 is 3.39. The summed E-state index contributed by atoms with van der Waals surface area (Å²) in [5, 5.41) is 3.21. The molecule has 22 heavy (non-hydrogen) atoms. The average molecular weight is 375 g/mol. The quantitative estimate of drug-likeness (QED) is 0.766. The highest BCUT2D eigenvalue weighted by molar-refractivity contribution is 9.10. The average Bonchev–Trinajstić information content (AvgIpc) is 2.40. The van der Waals surface area contributed by atoms with E-state index in [1.54, 1.807) is 11.0 Å². The molecule has 0 aliphatic rings. The van der Waals surface area contributed by atoms with Crippen LogP contribution in [0.4, 0.5) is 9.18 Å². The van der Waals surface area contributed by atoms with Gasteiger partial charge >= 0.3 is 6.09 Å². The predicted molar refractivity (Wildman–Crippen MR) is 89.3 cm³/mol. The van der Waals surface area contributed by atoms with Crippen LogP contribution in [-0.4, -0.2) is 36.2 Å². The monoisotopic (exact) mass is 374 g/mol. The molecular weight excluding hydrogens is 351 g/mol. The minimum atomic E-state index is -0.496. The van der Waals surface area contributed by atoms with E-state index in [2.05, 4.69) is 21.2 Å². The molecule has 1 N–H and O–H groups in total. The van der Waals surface area contributed by atoms with Gasteiger partial charge in [-0.25, -0.2) is 9.18 Å². The van der Waals surface area contributed by atoms with Crippen LogP contribution in [0.1, 0.15) is 33.3 Å². The van der Waals surface area contributed by atoms with Crippen molar-refractivity contribution in [1.29, 1.82) is 0 Å². The van der Waals surface area contributed by atoms with Crippen molar-refractivity contribution in [1.82, 2.24) is 10.2 Å². The Morgan fingerprint density at radius 3 is 2.68 bits per heavy atom. The summed E-state index contributed by atoms with van der Waals surface area (Å²) in [6.45, 7) is 9.71. The van der Waals surface area contributed by atoms with Crippen molar-refractivity contribution in [2.45, 2.75) is 39.8 Å². The molecular formula is C16H24BrFN2O2. The standard InChI is InChI=1S/C16H24BrFN2O2/c1-5-20(15(21)22-16(2,3)4)9-8-19-11-12-10-13(18)6-7-14(12)17/h6-7,10,19H,5,8-9,11H2,1-4H3. The largest absolute Gasteiger partial charge is 0.444 e. The summed E-state index contributed by atoms with van der Waals surface area (Å²) in [5.74, 6) is -0.260. The fourth-order valence-corrected chi connectivity index (χ4v) is 2.21. The molecule has 0 aliphatic carbocycles. The lowest BCUT2D eigenvalue weighted by Gasteiger charge is -2.26. The summed E-state index contributed by atoms with van der Waals surface area (Å²) in [6, 6.07) is 4.59. The molecule has 0 saturated heterocycles. The van der Waals surface area contributed by atoms with Crippen molar-refractivity contribution >= 4 is 22.0 Å². The predicted octanol–water partition coefficient (Wildman–Crippen LogP) is 3.93. The smallest absolute Gasteiger partial charge is 0.410 e. The number of carbonyl (C=O) groups is 1. The lowest BCUT2D eigenvalue weighted by atomic mass is 10.2. The maximum Gasteiger partial charge on any atom is 0.410 e. The highest BCUT2D eigenvalue weighted by Gasteiger charge is 2.20. The van der Waals surface area contributed by atoms with E-state index in [9.17, 15) is 9.18 Å². The van der Waals surface area contributed by atoms with Crippen LogP contribution in [0.3, 0.4) is 0 Å². The van der Waals surface area contributed by atoms with Crippen LogP contribution in [0.2, 0.25) is 0 Å². The number of likely N-dealkylation sites (N-methyl/N-ethyl adjacent to an activating group) is 1. The molecule has 1 aromatic rings. The molecule has 0 aromatic heterocycles. The second kappa shape index (κ2) is 8.48. The SMILES string of the molecule is CCN(CCNCc1cc(F)ccc1Br)C(=O)OC(C)(C)C. The van der Waals surface area contributed by atoms with Crippen molar-refractivity contribution in [2.75, 3.05) is 19.6 Å². The van der Waals surface area contributed by atoms with Gasteiger partial charge in [-0.15, -0.1) is 0 Å². The molecule has 0 heterocycles. The Morgan fingerprint density at radius 1 is 1.41 bits per heavy atom. The third-order valence-electron chi connectivity index (χ3n) is 2.92. The normalized spacial score (nSPS) is 11.4. The van der Waals surface area contributed by atoms with Crippen LogP contribution in [0, 0.1) is 5.82 Å². The molecule has 0 atom stereocenters. The van der Waals surface area contributed by atoms with Gasteiger partial charge in [0.2, 0.25) is 0 Å². The number of nitrogens with one attached hydrogen (secondary N) is 1. The zero-order chi connectivity index (χ0) is 16.8. The Kier molecular flexibility index (Phi) is 7.29. The van der Waals surface area contributed by atoms with Gasteiger partial charge in [0.25, 0.3) is 0 Å². The Bertz CT molecular complexity index is 503. The summed E-state index contributed by atoms with van der Waals surface area (Å²) in [7, 11) is 0. The Morgan fingerprint density at radius 2 is 2.09 bits per heavy atom. The van der Waals surface area contributed by atoms with E-state index < -0.39 is 5.60 Å². The van der Waals surface area contributed by atoms with E-state index >= 15 is 0 Å². The van der Waals surface area contributed by atoms with Crippen molar-refractivity contribution in [3.63, 3.8) is 0 Å². The van der Waals surface area contributed by atoms with E-state index in [0.717, 1.165) is 10.0 Å². The number of hydrogen-bond donors (Lipinski definition) is 1. The second-order valence-corrected chi connectivity index (χ2v) is 6.83. The van der Waals surface area contributed by atoms with Crippen molar-refractivity contribution < 1.29 is 13.9 Å². The first-order chi connectivity index (χ1) is 10.2. The van der Waals surface area contributed by atoms with Crippen LogP contribution >= 0.6 is 15.9 Å². The molecule has 0 spiro atoms. The summed E-state index contributed by atoms with van der Waals surface area (Å²) in [6.07, 6.45) is -0.316. The molecule has 0 aliphatic heterocycles. The number of ether oxygens (including phenoxy) is 1. The Hall–Kier alpha value is -1.14. The lowest BCUT2D eigenvalue weighted by Crippen LogP contribution is -2.40. The molecule has 124 valence electrons. The first-order valence-corrected chi connectivity index (χ1v) is 8.15. The third kappa shape index (κ3) is 6.75. The van der Waals surface area contributed by atoms with Gasteiger partial charge < -0.3 is 15.0 Å². The van der Waals surface area contributed by atoms with E-state index in [1.807, 2.05) is 27.7 Å². The number of benzene rings is 1. The summed E-state index contributed by atoms with van der Waals surface area (Å²) in [4.78, 5) is 13.6. The van der Waals surface area contributed by atoms with Gasteiger partial charge in [-0.1, -0.05) is 15.9 Å². The highest BCUT2D eigenvalue weighted by atomic mass is 79.9. The zero-order valence-corrected chi connectivity index (χ0v) is 15.2. The molecule has 0 unspecified atom stereocenters. The maximum atomic E-state index is 13.2. The molecule has 1 rings (SSSR count). The maximum absolute atomic E-state index is 13.2. The van der Waals surface area contributed by atoms with Gasteiger partial charge in [-0.2, -0.15) is 0 Å². The molecule has 1 aromatic carbocycles. The van der Waals surface area contributed by atoms with Crippen molar-refractivity contribution in [3.05, 3.63) is 34.1 Å². The molecule has 0 bridgehead atoms. The molecule has 0 saturated carbocycles. The van der Waals surface area contributed by atoms with Gasteiger partial charge in [0.15, 0.2) is 0 Å². The molecule has 6 heteroatoms. The second-order valence-electron chi connectivity index (χ2n) is 5.97. The first-order valence-electron chi connectivity index (χ1n) is 7.35. The number of halogens is 2. The van der Waals surface area contributed by atoms with Crippen LogP contribution in [-0.2, 0) is 11.3 Å². The van der Waals surface area contributed by atoms with Crippen molar-refractivity contribution in [3.8, 4) is 0 Å². The van der Waals surface area contributed by atoms with Crippen molar-refractivity contribution in [2.24, 2.45) is 0 Å². The van der Waals surface area contributed by atoms with Crippen LogP contribution < -0.4 is 5.32 Å². The van der Waals surface area contributed by atoms with Gasteiger partial charge in [0, 0.05) is 30.7 Å². The fraction of sp³-hybridized carbons (Fsp3) is 0.562. The van der Waals surface area contributed by atoms with E-state index in [0.29, 0.717) is 26.2 Å². The third-order valence-corrected chi connectivity index (χ3v) is 3.69. The number of nitrogens with zero attached hydrogens (tertiary/aromatic N) is 1. The Labute approximate surface area is 140 Å². The number of amides is 1. The molecule has 1 amide bonds. The zero-order valence-electron chi connectivity index (χ0n) is 13.6. The molecule has 0 fully saturated rings.